The molecule has 0 bridgehead atoms. The number of nitrogen functional groups attached to an aromatic ring is 1. The average molecular weight is 1190 g/mol. The molecule has 0 aliphatic carbocycles. The summed E-state index contributed by atoms with van der Waals surface area (Å²) in [5, 5.41) is 71.4. The van der Waals surface area contributed by atoms with Crippen molar-refractivity contribution < 1.29 is 20.3 Å². The Hall–Kier alpha value is -9.54. The van der Waals surface area contributed by atoms with E-state index in [9.17, 15) is 0 Å². The number of benzene rings is 8. The van der Waals surface area contributed by atoms with Crippen LogP contribution in [0.3, 0.4) is 0 Å². The maximum Gasteiger partial charge on any atom is 0.488 e. The van der Waals surface area contributed by atoms with Crippen LogP contribution < -0.4 is 27.1 Å². The first-order chi connectivity index (χ1) is 41.0. The summed E-state index contributed by atoms with van der Waals surface area (Å²) < 4.78 is 0. The number of aliphatic hydroxyl groups excluding tert-OH is 2. The van der Waals surface area contributed by atoms with Crippen molar-refractivity contribution in [2.75, 3.05) is 40.2 Å². The third-order valence-corrected chi connectivity index (χ3v) is 12.6. The lowest BCUT2D eigenvalue weighted by molar-refractivity contribution is 0.259. The second kappa shape index (κ2) is 36.7. The molecule has 10 N–H and O–H groups in total. The van der Waals surface area contributed by atoms with Crippen LogP contribution in [0.4, 0.5) is 51.2 Å². The SMILES string of the molecule is CCc1ccc(B(O)O)cc1.CCc1ccc(Nc2ccccc2-c2nn[nH]n2)cc1.CCc1ccc(Nc2ccccc2-c2nnn(CCO)n2)cc1.OCCBr.[C-]#[N+]c1ccccc1N.[C-]#[N+]c1ccccc1Nc1ccc(CC)cc1. The number of nitrogens with two attached hydrogens (primary N) is 1. The van der Waals surface area contributed by atoms with Gasteiger partial charge in [-0.15, -0.1) is 20.4 Å². The molecule has 2 aromatic heterocycles. The van der Waals surface area contributed by atoms with Gasteiger partial charge in [-0.1, -0.05) is 171 Å². The van der Waals surface area contributed by atoms with E-state index in [2.05, 4.69) is 166 Å². The molecule has 0 unspecified atom stereocenters. The first-order valence-corrected chi connectivity index (χ1v) is 28.3. The molecule has 0 saturated heterocycles. The Labute approximate surface area is 500 Å². The monoisotopic (exact) mass is 1190 g/mol. The number of tetrazole rings is 2. The van der Waals surface area contributed by atoms with E-state index in [0.717, 1.165) is 70.9 Å². The molecular weight excluding hydrogens is 1120 g/mol. The molecule has 10 aromatic rings. The molecule has 20 heteroatoms. The molecule has 18 nitrogen and oxygen atoms in total. The number of para-hydroxylation sites is 6. The van der Waals surface area contributed by atoms with Crippen LogP contribution in [0.2, 0.25) is 0 Å². The van der Waals surface area contributed by atoms with E-state index in [1.54, 1.807) is 30.3 Å². The maximum absolute atomic E-state index is 8.95. The lowest BCUT2D eigenvalue weighted by Crippen LogP contribution is -2.29. The highest BCUT2D eigenvalue weighted by atomic mass is 79.9. The Kier molecular flexibility index (Phi) is 28.6. The van der Waals surface area contributed by atoms with Gasteiger partial charge in [-0.25, -0.2) is 9.69 Å². The molecule has 0 aliphatic heterocycles. The summed E-state index contributed by atoms with van der Waals surface area (Å²) in [6, 6.07) is 62.6. The molecule has 0 amide bonds. The molecule has 0 saturated carbocycles. The van der Waals surface area contributed by atoms with E-state index < -0.39 is 7.12 Å². The first kappa shape index (κ1) is 65.3. The number of hydrogen-bond donors (Lipinski definition) is 9. The lowest BCUT2D eigenvalue weighted by Gasteiger charge is -2.10. The van der Waals surface area contributed by atoms with Crippen molar-refractivity contribution >= 4 is 79.7 Å². The summed E-state index contributed by atoms with van der Waals surface area (Å²) in [5.41, 5.74) is 20.4. The fourth-order valence-electron chi connectivity index (χ4n) is 7.51. The highest BCUT2D eigenvalue weighted by Gasteiger charge is 2.12. The predicted octanol–water partition coefficient (Wildman–Crippen LogP) is 12.5. The van der Waals surface area contributed by atoms with E-state index in [-0.39, 0.29) is 13.2 Å². The number of nitrogens with one attached hydrogen (secondary N) is 4. The Morgan fingerprint density at radius 2 is 0.929 bits per heavy atom. The second-order valence-electron chi connectivity index (χ2n) is 18.0. The zero-order chi connectivity index (χ0) is 60.3. The minimum Gasteiger partial charge on any atom is -0.423 e. The molecule has 430 valence electrons. The van der Waals surface area contributed by atoms with Gasteiger partial charge in [0, 0.05) is 56.3 Å². The Morgan fingerprint density at radius 3 is 1.32 bits per heavy atom. The van der Waals surface area contributed by atoms with Gasteiger partial charge in [-0.05, 0) is 131 Å². The van der Waals surface area contributed by atoms with Crippen molar-refractivity contribution in [3.8, 4) is 22.8 Å². The van der Waals surface area contributed by atoms with Crippen LogP contribution in [0.15, 0.2) is 194 Å². The molecule has 0 fully saturated rings. The summed E-state index contributed by atoms with van der Waals surface area (Å²) >= 11 is 3.00. The van der Waals surface area contributed by atoms with Crippen molar-refractivity contribution in [3.05, 3.63) is 239 Å². The minimum atomic E-state index is -1.35. The number of H-pyrrole nitrogens is 1. The van der Waals surface area contributed by atoms with Crippen molar-refractivity contribution in [2.24, 2.45) is 0 Å². The Balaban J connectivity index is 0.000000195. The minimum absolute atomic E-state index is 0.0144. The topological polar surface area (TPSA) is 250 Å². The molecule has 0 aliphatic rings. The molecular formula is C64H70BBrN14O4. The number of aliphatic hydroxyl groups is 2. The standard InChI is InChI=1S/C17H19N5O.C15H15N5.C15H14N2.C8H11BO2.C7H6N2.C2H5BrO/c1-2-13-7-9-14(10-8-13)18-16-6-4-3-5-15(16)17-19-21-22(20-17)11-12-23;1-2-11-7-9-12(10-8-11)16-14-6-4-3-5-13(14)15-17-19-20-18-15;1-3-12-8-10-13(11-9-12)17-15-7-5-4-6-14(15)16-2;1-2-7-3-5-8(6-4-7)9(10)11;1-9-7-5-3-2-4-6(7)8;3-1-2-4/h3-10,18,23H,2,11-12H2,1H3;3-10,16H,2H2,1H3,(H,17,18,19,20);4-11,17H,3H2,1H3;3-6,10-11H,2H2,1H3;2-5H,8H2;4H,1-2H2. The van der Waals surface area contributed by atoms with Gasteiger partial charge in [-0.3, -0.25) is 0 Å². The molecule has 2 heterocycles. The number of rotatable bonds is 16. The number of nitrogens with zero attached hydrogens (tertiary/aromatic N) is 9. The molecule has 8 aromatic carbocycles. The number of hydrogen-bond acceptors (Lipinski definition) is 14. The quantitative estimate of drug-likeness (QED) is 0.0189. The number of halogens is 1. The van der Waals surface area contributed by atoms with Gasteiger partial charge in [0.1, 0.15) is 0 Å². The van der Waals surface area contributed by atoms with Crippen molar-refractivity contribution in [1.82, 2.24) is 40.8 Å². The largest absolute Gasteiger partial charge is 0.488 e. The zero-order valence-corrected chi connectivity index (χ0v) is 49.1. The second-order valence-corrected chi connectivity index (χ2v) is 18.8. The van der Waals surface area contributed by atoms with E-state index in [1.807, 2.05) is 103 Å². The number of aryl methyl sites for hydroxylation is 4. The Bertz CT molecular complexity index is 3540. The highest BCUT2D eigenvalue weighted by Crippen LogP contribution is 2.30. The van der Waals surface area contributed by atoms with Crippen molar-refractivity contribution in [3.63, 3.8) is 0 Å². The van der Waals surface area contributed by atoms with Crippen LogP contribution in [0, 0.1) is 13.1 Å². The molecule has 0 spiro atoms. The fourth-order valence-corrected chi connectivity index (χ4v) is 7.51. The highest BCUT2D eigenvalue weighted by molar-refractivity contribution is 9.09. The molecule has 0 radical (unpaired) electrons. The molecule has 84 heavy (non-hydrogen) atoms. The van der Waals surface area contributed by atoms with Crippen molar-refractivity contribution in [1.29, 1.82) is 0 Å². The first-order valence-electron chi connectivity index (χ1n) is 27.2. The number of aromatic nitrogens is 8. The van der Waals surface area contributed by atoms with Gasteiger partial charge in [-0.2, -0.15) is 10.0 Å². The lowest BCUT2D eigenvalue weighted by atomic mass is 9.80. The van der Waals surface area contributed by atoms with E-state index in [0.29, 0.717) is 46.0 Å². The molecule has 0 atom stereocenters. The number of anilines is 7. The summed E-state index contributed by atoms with van der Waals surface area (Å²) in [4.78, 5) is 8.07. The Morgan fingerprint density at radius 1 is 0.524 bits per heavy atom. The number of alkyl halides is 1. The van der Waals surface area contributed by atoms with Gasteiger partial charge in [0.25, 0.3) is 0 Å². The van der Waals surface area contributed by atoms with Crippen LogP contribution >= 0.6 is 15.9 Å². The van der Waals surface area contributed by atoms with E-state index in [1.165, 1.54) is 27.1 Å². The van der Waals surface area contributed by atoms with Gasteiger partial charge in [0.15, 0.2) is 0 Å². The van der Waals surface area contributed by atoms with Crippen LogP contribution in [0.25, 0.3) is 32.5 Å². The zero-order valence-electron chi connectivity index (χ0n) is 47.5. The summed E-state index contributed by atoms with van der Waals surface area (Å²) in [6.45, 7) is 22.8. The number of aromatic amines is 1. The summed E-state index contributed by atoms with van der Waals surface area (Å²) in [5.74, 6) is 1.12. The summed E-state index contributed by atoms with van der Waals surface area (Å²) in [6.07, 6.45) is 4.08. The maximum atomic E-state index is 8.95. The average Bonchev–Trinajstić information content (AvgIpc) is 4.36. The van der Waals surface area contributed by atoms with Crippen LogP contribution in [0.5, 0.6) is 0 Å². The van der Waals surface area contributed by atoms with Gasteiger partial charge >= 0.3 is 7.12 Å². The summed E-state index contributed by atoms with van der Waals surface area (Å²) in [7, 11) is -1.35. The predicted molar refractivity (Wildman–Crippen MR) is 344 cm³/mol. The van der Waals surface area contributed by atoms with Gasteiger partial charge < -0.3 is 41.9 Å². The van der Waals surface area contributed by atoms with E-state index >= 15 is 0 Å². The molecule has 10 rings (SSSR count). The normalized spacial score (nSPS) is 9.89. The third-order valence-electron chi connectivity index (χ3n) is 12.2. The van der Waals surface area contributed by atoms with Crippen LogP contribution in [-0.2, 0) is 32.2 Å². The van der Waals surface area contributed by atoms with Gasteiger partial charge in [0.05, 0.1) is 32.9 Å². The van der Waals surface area contributed by atoms with Crippen LogP contribution in [-0.4, -0.2) is 86.8 Å². The van der Waals surface area contributed by atoms with Gasteiger partial charge in [0.2, 0.25) is 23.0 Å². The van der Waals surface area contributed by atoms with Crippen LogP contribution in [0.1, 0.15) is 49.9 Å². The van der Waals surface area contributed by atoms with E-state index in [4.69, 9.17) is 39.1 Å². The third kappa shape index (κ3) is 21.7. The fraction of sp³-hybridized carbons (Fsp3) is 0.188. The van der Waals surface area contributed by atoms with Crippen molar-refractivity contribution in [2.45, 2.75) is 59.9 Å². The smallest absolute Gasteiger partial charge is 0.423 e.